The highest BCUT2D eigenvalue weighted by atomic mass is 35.5. The van der Waals surface area contributed by atoms with Crippen LogP contribution in [0.15, 0.2) is 54.7 Å². The van der Waals surface area contributed by atoms with Crippen molar-refractivity contribution in [1.29, 1.82) is 0 Å². The van der Waals surface area contributed by atoms with Gasteiger partial charge in [0.25, 0.3) is 0 Å². The predicted octanol–water partition coefficient (Wildman–Crippen LogP) is 4.97. The van der Waals surface area contributed by atoms with Crippen molar-refractivity contribution < 1.29 is 9.53 Å². The molecule has 5 rings (SSSR count). The van der Waals surface area contributed by atoms with Crippen LogP contribution in [0.5, 0.6) is 5.75 Å². The molecule has 1 amide bonds. The molecule has 9 heteroatoms. The highest BCUT2D eigenvalue weighted by molar-refractivity contribution is 7.20. The van der Waals surface area contributed by atoms with Crippen molar-refractivity contribution in [3.8, 4) is 17.0 Å². The standard InChI is InChI=1S/C23H22ClN5O2S/c1-31-19-8-2-15(3-9-19)20-14-29-22(26-20)32-23(27-29)28-12-10-16(11-13-28)21(30)25-18-6-4-17(24)5-7-18/h2-9,14,16H,10-13H2,1H3,(H,25,30). The van der Waals surface area contributed by atoms with E-state index in [4.69, 9.17) is 26.4 Å². The van der Waals surface area contributed by atoms with Gasteiger partial charge in [-0.2, -0.15) is 0 Å². The van der Waals surface area contributed by atoms with Crippen LogP contribution < -0.4 is 15.0 Å². The van der Waals surface area contributed by atoms with Crippen LogP contribution >= 0.6 is 22.9 Å². The first-order chi connectivity index (χ1) is 15.6. The first kappa shape index (κ1) is 20.8. The Labute approximate surface area is 194 Å². The Hall–Kier alpha value is -3.10. The molecular formula is C23H22ClN5O2S. The van der Waals surface area contributed by atoms with E-state index in [0.29, 0.717) is 5.02 Å². The molecule has 0 bridgehead atoms. The number of amides is 1. The number of piperidine rings is 1. The van der Waals surface area contributed by atoms with Gasteiger partial charge >= 0.3 is 0 Å². The minimum Gasteiger partial charge on any atom is -0.497 e. The van der Waals surface area contributed by atoms with E-state index in [2.05, 4.69) is 10.2 Å². The quantitative estimate of drug-likeness (QED) is 0.448. The summed E-state index contributed by atoms with van der Waals surface area (Å²) in [5, 5.41) is 9.30. The molecule has 0 radical (unpaired) electrons. The van der Waals surface area contributed by atoms with E-state index in [9.17, 15) is 4.79 Å². The highest BCUT2D eigenvalue weighted by Crippen LogP contribution is 2.30. The molecule has 1 saturated heterocycles. The van der Waals surface area contributed by atoms with Crippen molar-refractivity contribution in [2.75, 3.05) is 30.4 Å². The summed E-state index contributed by atoms with van der Waals surface area (Å²) in [6.45, 7) is 1.58. The highest BCUT2D eigenvalue weighted by Gasteiger charge is 2.27. The molecule has 0 unspecified atom stereocenters. The number of ether oxygens (including phenoxy) is 1. The van der Waals surface area contributed by atoms with E-state index < -0.39 is 0 Å². The fraction of sp³-hybridized carbons (Fsp3) is 0.261. The van der Waals surface area contributed by atoms with Gasteiger partial charge in [-0.3, -0.25) is 4.79 Å². The van der Waals surface area contributed by atoms with Gasteiger partial charge in [-0.1, -0.05) is 22.9 Å². The van der Waals surface area contributed by atoms with Crippen LogP contribution in [-0.4, -0.2) is 40.7 Å². The third-order valence-corrected chi connectivity index (χ3v) is 6.90. The molecular weight excluding hydrogens is 446 g/mol. The summed E-state index contributed by atoms with van der Waals surface area (Å²) in [6, 6.07) is 15.0. The number of hydrogen-bond acceptors (Lipinski definition) is 6. The van der Waals surface area contributed by atoms with Crippen LogP contribution in [0.2, 0.25) is 5.02 Å². The molecule has 164 valence electrons. The molecule has 0 atom stereocenters. The maximum Gasteiger partial charge on any atom is 0.227 e. The van der Waals surface area contributed by atoms with Gasteiger partial charge in [-0.25, -0.2) is 9.50 Å². The Morgan fingerprint density at radius 3 is 2.50 bits per heavy atom. The van der Waals surface area contributed by atoms with Crippen molar-refractivity contribution in [2.45, 2.75) is 12.8 Å². The zero-order chi connectivity index (χ0) is 22.1. The van der Waals surface area contributed by atoms with Gasteiger partial charge in [0.15, 0.2) is 0 Å². The Bertz CT molecular complexity index is 1200. The number of anilines is 2. The Morgan fingerprint density at radius 2 is 1.84 bits per heavy atom. The van der Waals surface area contributed by atoms with Gasteiger partial charge in [-0.15, -0.1) is 5.10 Å². The van der Waals surface area contributed by atoms with E-state index in [1.807, 2.05) is 47.1 Å². The lowest BCUT2D eigenvalue weighted by atomic mass is 9.96. The van der Waals surface area contributed by atoms with Crippen LogP contribution in [0.4, 0.5) is 10.8 Å². The average molecular weight is 468 g/mol. The molecule has 0 saturated carbocycles. The molecule has 3 heterocycles. The summed E-state index contributed by atoms with van der Waals surface area (Å²) < 4.78 is 7.05. The number of rotatable bonds is 5. The Morgan fingerprint density at radius 1 is 1.12 bits per heavy atom. The van der Waals surface area contributed by atoms with E-state index in [-0.39, 0.29) is 11.8 Å². The maximum absolute atomic E-state index is 12.6. The lowest BCUT2D eigenvalue weighted by Gasteiger charge is -2.30. The van der Waals surface area contributed by atoms with Crippen LogP contribution in [0, 0.1) is 5.92 Å². The number of imidazole rings is 1. The number of carbonyl (C=O) groups is 1. The van der Waals surface area contributed by atoms with E-state index in [1.54, 1.807) is 30.6 Å². The average Bonchev–Trinajstić information content (AvgIpc) is 3.40. The van der Waals surface area contributed by atoms with Crippen LogP contribution in [0.3, 0.4) is 0 Å². The number of methoxy groups -OCH3 is 1. The third-order valence-electron chi connectivity index (χ3n) is 5.67. The lowest BCUT2D eigenvalue weighted by molar-refractivity contribution is -0.120. The summed E-state index contributed by atoms with van der Waals surface area (Å²) in [5.74, 6) is 0.873. The normalized spacial score (nSPS) is 14.6. The van der Waals surface area contributed by atoms with Crippen molar-refractivity contribution >= 4 is 44.6 Å². The summed E-state index contributed by atoms with van der Waals surface area (Å²) in [4.78, 5) is 20.4. The fourth-order valence-corrected chi connectivity index (χ4v) is 4.89. The molecule has 1 aliphatic heterocycles. The summed E-state index contributed by atoms with van der Waals surface area (Å²) in [5.41, 5.74) is 2.68. The molecule has 7 nitrogen and oxygen atoms in total. The number of nitrogens with zero attached hydrogens (tertiary/aromatic N) is 4. The second-order valence-electron chi connectivity index (χ2n) is 7.72. The monoisotopic (exact) mass is 467 g/mol. The first-order valence-electron chi connectivity index (χ1n) is 10.4. The van der Waals surface area contributed by atoms with Crippen molar-refractivity contribution in [1.82, 2.24) is 14.6 Å². The van der Waals surface area contributed by atoms with Crippen molar-refractivity contribution in [2.24, 2.45) is 5.92 Å². The van der Waals surface area contributed by atoms with Gasteiger partial charge < -0.3 is 15.0 Å². The maximum atomic E-state index is 12.6. The van der Waals surface area contributed by atoms with Crippen LogP contribution in [-0.2, 0) is 4.79 Å². The number of benzene rings is 2. The molecule has 0 spiro atoms. The third kappa shape index (κ3) is 4.28. The van der Waals surface area contributed by atoms with Gasteiger partial charge in [0.1, 0.15) is 5.75 Å². The van der Waals surface area contributed by atoms with Crippen LogP contribution in [0.25, 0.3) is 16.2 Å². The number of carbonyl (C=O) groups excluding carboxylic acids is 1. The SMILES string of the molecule is COc1ccc(-c2cn3nc(N4CCC(C(=O)Nc5ccc(Cl)cc5)CC4)sc3n2)cc1. The Kier molecular flexibility index (Phi) is 5.71. The van der Waals surface area contributed by atoms with Crippen molar-refractivity contribution in [3.63, 3.8) is 0 Å². The number of hydrogen-bond donors (Lipinski definition) is 1. The smallest absolute Gasteiger partial charge is 0.227 e. The predicted molar refractivity (Wildman–Crippen MR) is 128 cm³/mol. The van der Waals surface area contributed by atoms with Gasteiger partial charge in [0.05, 0.1) is 19.0 Å². The van der Waals surface area contributed by atoms with E-state index in [0.717, 1.165) is 58.7 Å². The molecule has 1 fully saturated rings. The zero-order valence-electron chi connectivity index (χ0n) is 17.5. The van der Waals surface area contributed by atoms with E-state index in [1.165, 1.54) is 0 Å². The van der Waals surface area contributed by atoms with Gasteiger partial charge in [0, 0.05) is 35.3 Å². The second kappa shape index (κ2) is 8.80. The molecule has 0 aliphatic carbocycles. The first-order valence-corrected chi connectivity index (χ1v) is 11.6. The topological polar surface area (TPSA) is 71.8 Å². The van der Waals surface area contributed by atoms with Gasteiger partial charge in [0.2, 0.25) is 16.0 Å². The number of fused-ring (bicyclic) bond motifs is 1. The van der Waals surface area contributed by atoms with E-state index >= 15 is 0 Å². The van der Waals surface area contributed by atoms with Crippen LogP contribution in [0.1, 0.15) is 12.8 Å². The number of halogens is 1. The fourth-order valence-electron chi connectivity index (χ4n) is 3.83. The zero-order valence-corrected chi connectivity index (χ0v) is 19.1. The van der Waals surface area contributed by atoms with Gasteiger partial charge in [-0.05, 0) is 61.4 Å². The molecule has 1 N–H and O–H groups in total. The molecule has 4 aromatic rings. The number of aromatic nitrogens is 3. The minimum absolute atomic E-state index is 0.00681. The molecule has 1 aliphatic rings. The summed E-state index contributed by atoms with van der Waals surface area (Å²) in [7, 11) is 1.65. The van der Waals surface area contributed by atoms with Crippen molar-refractivity contribution in [3.05, 3.63) is 59.8 Å². The lowest BCUT2D eigenvalue weighted by Crippen LogP contribution is -2.38. The minimum atomic E-state index is -0.00681. The largest absolute Gasteiger partial charge is 0.497 e. The molecule has 32 heavy (non-hydrogen) atoms. The molecule has 2 aromatic heterocycles. The Balaban J connectivity index is 1.21. The molecule has 2 aromatic carbocycles. The summed E-state index contributed by atoms with van der Waals surface area (Å²) in [6.07, 6.45) is 3.53. The second-order valence-corrected chi connectivity index (χ2v) is 9.09. The number of nitrogens with one attached hydrogen (secondary N) is 1. The summed E-state index contributed by atoms with van der Waals surface area (Å²) >= 11 is 7.48.